The van der Waals surface area contributed by atoms with Crippen LogP contribution in [-0.2, 0) is 11.2 Å². The number of ether oxygens (including phenoxy) is 1. The van der Waals surface area contributed by atoms with Crippen LogP contribution in [0.3, 0.4) is 0 Å². The van der Waals surface area contributed by atoms with Crippen molar-refractivity contribution in [2.24, 2.45) is 0 Å². The van der Waals surface area contributed by atoms with E-state index in [2.05, 4.69) is 74.3 Å². The predicted molar refractivity (Wildman–Crippen MR) is 137 cm³/mol. The zero-order chi connectivity index (χ0) is 24.4. The van der Waals surface area contributed by atoms with Crippen molar-refractivity contribution in [3.8, 4) is 11.5 Å². The number of rotatable bonds is 8. The van der Waals surface area contributed by atoms with Gasteiger partial charge in [-0.25, -0.2) is 4.79 Å². The summed E-state index contributed by atoms with van der Waals surface area (Å²) >= 11 is 6.85. The van der Waals surface area contributed by atoms with Gasteiger partial charge in [-0.1, -0.05) is 59.2 Å². The molecule has 0 aromatic heterocycles. The Morgan fingerprint density at radius 3 is 1.84 bits per heavy atom. The molecule has 0 N–H and O–H groups in total. The predicted octanol–water partition coefficient (Wildman–Crippen LogP) is 8.01. The van der Waals surface area contributed by atoms with Crippen LogP contribution in [0, 0.1) is 0 Å². The molecule has 0 atom stereocenters. The summed E-state index contributed by atoms with van der Waals surface area (Å²) in [5.74, 6) is 0.623. The van der Waals surface area contributed by atoms with Gasteiger partial charge in [-0.15, -0.1) is 6.58 Å². The average molecular weight is 485 g/mol. The van der Waals surface area contributed by atoms with Gasteiger partial charge in [0.25, 0.3) is 16.6 Å². The molecule has 1 aromatic carbocycles. The van der Waals surface area contributed by atoms with E-state index in [4.69, 9.17) is 25.2 Å². The molecule has 176 valence electrons. The van der Waals surface area contributed by atoms with Crippen LogP contribution < -0.4 is 8.85 Å². The minimum absolute atomic E-state index is 0.000913. The quantitative estimate of drug-likeness (QED) is 0.213. The fourth-order valence-electron chi connectivity index (χ4n) is 2.48. The van der Waals surface area contributed by atoms with Crippen molar-refractivity contribution in [3.63, 3.8) is 0 Å². The van der Waals surface area contributed by atoms with Crippen molar-refractivity contribution >= 4 is 34.2 Å². The molecule has 7 heteroatoms. The summed E-state index contributed by atoms with van der Waals surface area (Å²) in [5, 5.41) is 0.413. The van der Waals surface area contributed by atoms with Gasteiger partial charge in [0.05, 0.1) is 12.1 Å². The molecule has 0 aliphatic carbocycles. The zero-order valence-corrected chi connectivity index (χ0v) is 24.0. The molecular weight excluding hydrogens is 444 g/mol. The first kappa shape index (κ1) is 27.8. The van der Waals surface area contributed by atoms with Crippen LogP contribution in [0.2, 0.25) is 41.3 Å². The van der Waals surface area contributed by atoms with Gasteiger partial charge in [-0.2, -0.15) is 0 Å². The largest absolute Gasteiger partial charge is 0.543 e. The molecular formula is C24H41ClO4Si2. The van der Waals surface area contributed by atoms with Crippen LogP contribution in [0.5, 0.6) is 11.5 Å². The summed E-state index contributed by atoms with van der Waals surface area (Å²) in [6.45, 7) is 25.5. The molecule has 4 nitrogen and oxygen atoms in total. The summed E-state index contributed by atoms with van der Waals surface area (Å²) in [5.41, 5.74) is 1.08. The lowest BCUT2D eigenvalue weighted by Crippen LogP contribution is -2.45. The lowest BCUT2D eigenvalue weighted by molar-refractivity contribution is 0.0597. The highest BCUT2D eigenvalue weighted by Gasteiger charge is 2.42. The first-order valence-electron chi connectivity index (χ1n) is 10.8. The second-order valence-electron chi connectivity index (χ2n) is 11.1. The summed E-state index contributed by atoms with van der Waals surface area (Å²) < 4.78 is 18.3. The second kappa shape index (κ2) is 9.71. The third-order valence-corrected chi connectivity index (χ3v) is 15.7. The number of allylic oxidation sites excluding steroid dienone is 1. The maximum absolute atomic E-state index is 12.9. The minimum atomic E-state index is -2.24. The van der Waals surface area contributed by atoms with Gasteiger partial charge in [0, 0.05) is 6.07 Å². The van der Waals surface area contributed by atoms with Gasteiger partial charge in [0.2, 0.25) is 0 Å². The lowest BCUT2D eigenvalue weighted by atomic mass is 10.0. The SMILES string of the molecule is C=CCCc1c(Cl)c(O[Si](C)(C)C(C)(C)C)cc(O[Si](C)(C)C(C)(C)C)c1C(=O)OC. The highest BCUT2D eigenvalue weighted by Crippen LogP contribution is 2.46. The number of methoxy groups -OCH3 is 1. The van der Waals surface area contributed by atoms with Crippen molar-refractivity contribution in [1.82, 2.24) is 0 Å². The van der Waals surface area contributed by atoms with Gasteiger partial charge in [0.15, 0.2) is 0 Å². The molecule has 0 heterocycles. The summed E-state index contributed by atoms with van der Waals surface area (Å²) in [7, 11) is -3.03. The molecule has 0 spiro atoms. The number of halogens is 1. The van der Waals surface area contributed by atoms with Crippen LogP contribution in [0.4, 0.5) is 0 Å². The van der Waals surface area contributed by atoms with E-state index in [0.29, 0.717) is 40.5 Å². The molecule has 0 radical (unpaired) electrons. The van der Waals surface area contributed by atoms with Crippen molar-refractivity contribution in [2.75, 3.05) is 7.11 Å². The molecule has 0 unspecified atom stereocenters. The molecule has 0 aliphatic rings. The Hall–Kier alpha value is -1.25. The van der Waals surface area contributed by atoms with Gasteiger partial charge in [-0.3, -0.25) is 0 Å². The Kier molecular flexibility index (Phi) is 8.71. The third kappa shape index (κ3) is 6.39. The van der Waals surface area contributed by atoms with Gasteiger partial charge >= 0.3 is 5.97 Å². The van der Waals surface area contributed by atoms with Crippen LogP contribution in [-0.4, -0.2) is 29.7 Å². The van der Waals surface area contributed by atoms with Gasteiger partial charge in [-0.05, 0) is 54.7 Å². The summed E-state index contributed by atoms with van der Waals surface area (Å²) in [4.78, 5) is 12.9. The number of hydrogen-bond donors (Lipinski definition) is 0. The molecule has 1 rings (SSSR count). The van der Waals surface area contributed by atoms with Crippen molar-refractivity contribution in [2.45, 2.75) is 90.6 Å². The van der Waals surface area contributed by atoms with Crippen LogP contribution in [0.15, 0.2) is 18.7 Å². The molecule has 1 aromatic rings. The maximum Gasteiger partial charge on any atom is 0.341 e. The molecule has 0 saturated carbocycles. The first-order valence-corrected chi connectivity index (χ1v) is 17.0. The Morgan fingerprint density at radius 1 is 1.00 bits per heavy atom. The Balaban J connectivity index is 3.82. The normalized spacial score (nSPS) is 13.0. The van der Waals surface area contributed by atoms with Gasteiger partial charge < -0.3 is 13.6 Å². The van der Waals surface area contributed by atoms with Crippen LogP contribution in [0.25, 0.3) is 0 Å². The maximum atomic E-state index is 12.9. The zero-order valence-electron chi connectivity index (χ0n) is 21.3. The fraction of sp³-hybridized carbons (Fsp3) is 0.625. The fourth-order valence-corrected chi connectivity index (χ4v) is 4.86. The molecule has 0 bridgehead atoms. The Bertz CT molecular complexity index is 818. The van der Waals surface area contributed by atoms with Crippen molar-refractivity contribution < 1.29 is 18.4 Å². The average Bonchev–Trinajstić information content (AvgIpc) is 2.59. The standard InChI is InChI=1S/C24H41ClO4Si2/c1-13-14-15-17-20(22(26)27-8)18(28-30(9,10)23(2,3)4)16-19(21(17)25)29-31(11,12)24(5,6)7/h13,16H,1,14-15H2,2-12H3. The number of carbonyl (C=O) groups excluding carboxylic acids is 1. The topological polar surface area (TPSA) is 44.8 Å². The smallest absolute Gasteiger partial charge is 0.341 e. The van der Waals surface area contributed by atoms with E-state index in [9.17, 15) is 4.79 Å². The van der Waals surface area contributed by atoms with Crippen LogP contribution >= 0.6 is 11.6 Å². The second-order valence-corrected chi connectivity index (χ2v) is 20.9. The summed E-state index contributed by atoms with van der Waals surface area (Å²) in [6.07, 6.45) is 3.04. The third-order valence-electron chi connectivity index (χ3n) is 6.62. The Morgan fingerprint density at radius 2 is 1.45 bits per heavy atom. The minimum Gasteiger partial charge on any atom is -0.543 e. The van der Waals surface area contributed by atoms with E-state index in [1.54, 1.807) is 6.07 Å². The molecule has 0 saturated heterocycles. The number of benzene rings is 1. The number of hydrogen-bond acceptors (Lipinski definition) is 4. The van der Waals surface area contributed by atoms with E-state index in [-0.39, 0.29) is 10.1 Å². The van der Waals surface area contributed by atoms with Gasteiger partial charge in [0.1, 0.15) is 17.1 Å². The van der Waals surface area contributed by atoms with E-state index in [1.165, 1.54) is 7.11 Å². The molecule has 0 fully saturated rings. The monoisotopic (exact) mass is 484 g/mol. The van der Waals surface area contributed by atoms with E-state index in [1.807, 2.05) is 6.08 Å². The number of esters is 1. The van der Waals surface area contributed by atoms with Crippen molar-refractivity contribution in [1.29, 1.82) is 0 Å². The summed E-state index contributed by atoms with van der Waals surface area (Å²) in [6, 6.07) is 1.80. The Labute approximate surface area is 196 Å². The molecule has 0 amide bonds. The number of carbonyl (C=O) groups is 1. The first-order chi connectivity index (χ1) is 13.9. The lowest BCUT2D eigenvalue weighted by Gasteiger charge is -2.39. The van der Waals surface area contributed by atoms with Crippen LogP contribution in [0.1, 0.15) is 63.9 Å². The molecule has 31 heavy (non-hydrogen) atoms. The van der Waals surface area contributed by atoms with Crippen molar-refractivity contribution in [3.05, 3.63) is 34.9 Å². The highest BCUT2D eigenvalue weighted by atomic mass is 35.5. The van der Waals surface area contributed by atoms with E-state index >= 15 is 0 Å². The van der Waals surface area contributed by atoms with E-state index in [0.717, 1.165) is 0 Å². The molecule has 0 aliphatic heterocycles. The van der Waals surface area contributed by atoms with E-state index < -0.39 is 22.6 Å². The highest BCUT2D eigenvalue weighted by molar-refractivity contribution is 6.75.